The minimum atomic E-state index is -3.70. The number of nitrogens with zero attached hydrogens (tertiary/aromatic N) is 2. The first-order valence-corrected chi connectivity index (χ1v) is 9.44. The van der Waals surface area contributed by atoms with Crippen LogP contribution in [0, 0.1) is 0 Å². The van der Waals surface area contributed by atoms with Crippen molar-refractivity contribution >= 4 is 27.5 Å². The maximum atomic E-state index is 12.7. The zero-order valence-corrected chi connectivity index (χ0v) is 14.8. The summed E-state index contributed by atoms with van der Waals surface area (Å²) in [4.78, 5) is 27.6. The molecule has 2 aromatic rings. The Balaban J connectivity index is 1.71. The van der Waals surface area contributed by atoms with Gasteiger partial charge in [-0.2, -0.15) is 4.31 Å². The van der Waals surface area contributed by atoms with Crippen LogP contribution in [0.2, 0.25) is 5.02 Å². The number of sulfonamides is 1. The highest BCUT2D eigenvalue weighted by molar-refractivity contribution is 7.89. The molecular formula is C16H16ClN3O4S. The molecule has 0 atom stereocenters. The van der Waals surface area contributed by atoms with Crippen molar-refractivity contribution in [1.29, 1.82) is 0 Å². The number of hydrogen-bond donors (Lipinski definition) is 1. The van der Waals surface area contributed by atoms with Gasteiger partial charge in [-0.1, -0.05) is 23.7 Å². The molecule has 0 unspecified atom stereocenters. The molecule has 1 fully saturated rings. The maximum Gasteiger partial charge on any atom is 0.255 e. The zero-order chi connectivity index (χ0) is 18.0. The predicted molar refractivity (Wildman–Crippen MR) is 93.2 cm³/mol. The van der Waals surface area contributed by atoms with Gasteiger partial charge in [-0.15, -0.1) is 0 Å². The second-order valence-electron chi connectivity index (χ2n) is 5.57. The van der Waals surface area contributed by atoms with Gasteiger partial charge in [0.15, 0.2) is 0 Å². The second-order valence-corrected chi connectivity index (χ2v) is 7.88. The number of halogens is 1. The van der Waals surface area contributed by atoms with E-state index < -0.39 is 10.0 Å². The zero-order valence-electron chi connectivity index (χ0n) is 13.2. The molecule has 1 amide bonds. The summed E-state index contributed by atoms with van der Waals surface area (Å²) in [6.45, 7) is 0.897. The van der Waals surface area contributed by atoms with Crippen LogP contribution >= 0.6 is 11.6 Å². The van der Waals surface area contributed by atoms with Gasteiger partial charge in [0.05, 0.1) is 10.6 Å². The first-order valence-electron chi connectivity index (χ1n) is 7.62. The van der Waals surface area contributed by atoms with E-state index in [2.05, 4.69) is 4.98 Å². The molecule has 7 nitrogen and oxygen atoms in total. The Morgan fingerprint density at radius 2 is 1.72 bits per heavy atom. The first kappa shape index (κ1) is 17.7. The van der Waals surface area contributed by atoms with Gasteiger partial charge in [0.25, 0.3) is 5.91 Å². The number of rotatable bonds is 3. The highest BCUT2D eigenvalue weighted by atomic mass is 35.5. The molecule has 0 bridgehead atoms. The molecule has 0 radical (unpaired) electrons. The van der Waals surface area contributed by atoms with Crippen LogP contribution in [-0.2, 0) is 10.0 Å². The molecular weight excluding hydrogens is 366 g/mol. The fourth-order valence-corrected chi connectivity index (χ4v) is 4.57. The van der Waals surface area contributed by atoms with Gasteiger partial charge in [-0.25, -0.2) is 8.42 Å². The third-order valence-electron chi connectivity index (χ3n) is 4.01. The Bertz CT molecular complexity index is 929. The molecule has 0 aliphatic carbocycles. The van der Waals surface area contributed by atoms with Crippen LogP contribution < -0.4 is 5.56 Å². The van der Waals surface area contributed by atoms with E-state index in [1.165, 1.54) is 34.8 Å². The van der Waals surface area contributed by atoms with Crippen molar-refractivity contribution in [3.05, 3.63) is 63.5 Å². The van der Waals surface area contributed by atoms with Crippen LogP contribution in [0.25, 0.3) is 0 Å². The molecule has 1 aliphatic heterocycles. The van der Waals surface area contributed by atoms with Crippen LogP contribution in [-0.4, -0.2) is 54.7 Å². The Morgan fingerprint density at radius 3 is 2.32 bits per heavy atom. The van der Waals surface area contributed by atoms with E-state index in [0.29, 0.717) is 5.56 Å². The van der Waals surface area contributed by atoms with E-state index in [1.807, 2.05) is 0 Å². The molecule has 3 rings (SSSR count). The van der Waals surface area contributed by atoms with Gasteiger partial charge in [0.1, 0.15) is 4.90 Å². The summed E-state index contributed by atoms with van der Waals surface area (Å²) in [6.07, 6.45) is 1.36. The second kappa shape index (κ2) is 6.99. The van der Waals surface area contributed by atoms with E-state index in [4.69, 9.17) is 11.6 Å². The number of pyridine rings is 1. The average molecular weight is 382 g/mol. The number of amides is 1. The number of aromatic amines is 1. The molecule has 132 valence electrons. The van der Waals surface area contributed by atoms with Crippen molar-refractivity contribution in [2.75, 3.05) is 26.2 Å². The molecule has 1 aliphatic rings. The van der Waals surface area contributed by atoms with Crippen molar-refractivity contribution in [2.45, 2.75) is 4.90 Å². The standard InChI is InChI=1S/C16H16ClN3O4S/c17-13-3-1-2-4-14(13)25(23,24)20-9-7-19(8-10-20)16(22)12-5-6-15(21)18-11-12/h1-6,11H,7-10H2,(H,18,21). The number of carbonyl (C=O) groups is 1. The van der Waals surface area contributed by atoms with E-state index in [0.717, 1.165) is 0 Å². The van der Waals surface area contributed by atoms with Crippen LogP contribution in [0.4, 0.5) is 0 Å². The summed E-state index contributed by atoms with van der Waals surface area (Å²) >= 11 is 6.00. The summed E-state index contributed by atoms with van der Waals surface area (Å²) < 4.78 is 26.7. The lowest BCUT2D eigenvalue weighted by molar-refractivity contribution is 0.0697. The normalized spacial score (nSPS) is 16.0. The monoisotopic (exact) mass is 381 g/mol. The van der Waals surface area contributed by atoms with E-state index in [9.17, 15) is 18.0 Å². The lowest BCUT2D eigenvalue weighted by Crippen LogP contribution is -2.50. The maximum absolute atomic E-state index is 12.7. The third-order valence-corrected chi connectivity index (χ3v) is 6.41. The highest BCUT2D eigenvalue weighted by Crippen LogP contribution is 2.25. The number of carbonyl (C=O) groups excluding carboxylic acids is 1. The molecule has 9 heteroatoms. The number of nitrogens with one attached hydrogen (secondary N) is 1. The van der Waals surface area contributed by atoms with Gasteiger partial charge >= 0.3 is 0 Å². The topological polar surface area (TPSA) is 90.6 Å². The third kappa shape index (κ3) is 3.60. The predicted octanol–water partition coefficient (Wildman–Crippen LogP) is 1.17. The van der Waals surface area contributed by atoms with Crippen LogP contribution in [0.15, 0.2) is 52.3 Å². The summed E-state index contributed by atoms with van der Waals surface area (Å²) in [5.74, 6) is -0.244. The number of hydrogen-bond acceptors (Lipinski definition) is 4. The minimum absolute atomic E-state index is 0.0667. The van der Waals surface area contributed by atoms with Gasteiger partial charge in [0.2, 0.25) is 15.6 Å². The molecule has 0 saturated carbocycles. The lowest BCUT2D eigenvalue weighted by atomic mass is 10.2. The Morgan fingerprint density at radius 1 is 1.04 bits per heavy atom. The van der Waals surface area contributed by atoms with E-state index >= 15 is 0 Å². The van der Waals surface area contributed by atoms with Gasteiger partial charge in [-0.05, 0) is 18.2 Å². The smallest absolute Gasteiger partial charge is 0.255 e. The van der Waals surface area contributed by atoms with Crippen molar-refractivity contribution in [1.82, 2.24) is 14.2 Å². The molecule has 1 saturated heterocycles. The van der Waals surface area contributed by atoms with Crippen molar-refractivity contribution in [2.24, 2.45) is 0 Å². The van der Waals surface area contributed by atoms with Gasteiger partial charge in [-0.3, -0.25) is 9.59 Å². The fraction of sp³-hybridized carbons (Fsp3) is 0.250. The van der Waals surface area contributed by atoms with Crippen molar-refractivity contribution in [3.63, 3.8) is 0 Å². The quantitative estimate of drug-likeness (QED) is 0.864. The van der Waals surface area contributed by atoms with Crippen LogP contribution in [0.5, 0.6) is 0 Å². The Hall–Kier alpha value is -2.16. The highest BCUT2D eigenvalue weighted by Gasteiger charge is 2.31. The number of piperazine rings is 1. The minimum Gasteiger partial charge on any atom is -0.336 e. The largest absolute Gasteiger partial charge is 0.336 e. The van der Waals surface area contributed by atoms with Crippen molar-refractivity contribution < 1.29 is 13.2 Å². The molecule has 1 N–H and O–H groups in total. The number of benzene rings is 1. The summed E-state index contributed by atoms with van der Waals surface area (Å²) in [5, 5.41) is 0.175. The molecule has 25 heavy (non-hydrogen) atoms. The number of H-pyrrole nitrogens is 1. The molecule has 0 spiro atoms. The van der Waals surface area contributed by atoms with Gasteiger partial charge in [0, 0.05) is 38.4 Å². The Kier molecular flexibility index (Phi) is 4.94. The molecule has 1 aromatic heterocycles. The summed E-state index contributed by atoms with van der Waals surface area (Å²) in [5.41, 5.74) is 0.0780. The SMILES string of the molecule is O=C(c1ccc(=O)[nH]c1)N1CCN(S(=O)(=O)c2ccccc2Cl)CC1. The molecule has 2 heterocycles. The summed E-state index contributed by atoms with van der Waals surface area (Å²) in [6, 6.07) is 9.02. The van der Waals surface area contributed by atoms with E-state index in [-0.39, 0.29) is 47.6 Å². The van der Waals surface area contributed by atoms with Crippen molar-refractivity contribution in [3.8, 4) is 0 Å². The van der Waals surface area contributed by atoms with Gasteiger partial charge < -0.3 is 9.88 Å². The average Bonchev–Trinajstić information content (AvgIpc) is 2.62. The number of aromatic nitrogens is 1. The summed E-state index contributed by atoms with van der Waals surface area (Å²) in [7, 11) is -3.70. The fourth-order valence-electron chi connectivity index (χ4n) is 2.65. The first-order chi connectivity index (χ1) is 11.9. The van der Waals surface area contributed by atoms with Crippen LogP contribution in [0.1, 0.15) is 10.4 Å². The lowest BCUT2D eigenvalue weighted by Gasteiger charge is -2.34. The Labute approximate surface area is 149 Å². The van der Waals surface area contributed by atoms with E-state index in [1.54, 1.807) is 17.0 Å². The molecule has 1 aromatic carbocycles. The van der Waals surface area contributed by atoms with Crippen LogP contribution in [0.3, 0.4) is 0 Å².